The van der Waals surface area contributed by atoms with Crippen LogP contribution in [0, 0.1) is 6.92 Å². The maximum atomic E-state index is 12.1. The fraction of sp³-hybridized carbons (Fsp3) is 0.118. The van der Waals surface area contributed by atoms with Crippen LogP contribution in [0.2, 0.25) is 0 Å². The van der Waals surface area contributed by atoms with Gasteiger partial charge in [0.2, 0.25) is 0 Å². The summed E-state index contributed by atoms with van der Waals surface area (Å²) in [5.41, 5.74) is 2.13. The second kappa shape index (κ2) is 6.18. The number of carbonyl (C=O) groups excluding carboxylic acids is 2. The Morgan fingerprint density at radius 2 is 1.87 bits per heavy atom. The average Bonchev–Trinajstić information content (AvgIpc) is 2.95. The number of thiazole rings is 1. The average molecular weight is 326 g/mol. The molecular weight excluding hydrogens is 312 g/mol. The molecule has 0 atom stereocenters. The highest BCUT2D eigenvalue weighted by molar-refractivity contribution is 7.22. The molecule has 0 aliphatic heterocycles. The highest BCUT2D eigenvalue weighted by Crippen LogP contribution is 2.29. The molecule has 0 unspecified atom stereocenters. The van der Waals surface area contributed by atoms with Crippen molar-refractivity contribution in [3.8, 4) is 5.75 Å². The third-order valence-corrected chi connectivity index (χ3v) is 4.27. The normalized spacial score (nSPS) is 10.5. The highest BCUT2D eigenvalue weighted by atomic mass is 32.1. The second-order valence-corrected chi connectivity index (χ2v) is 6.03. The predicted molar refractivity (Wildman–Crippen MR) is 90.3 cm³/mol. The summed E-state index contributed by atoms with van der Waals surface area (Å²) in [5.74, 6) is -0.559. The van der Waals surface area contributed by atoms with E-state index in [1.165, 1.54) is 11.3 Å². The second-order valence-electron chi connectivity index (χ2n) is 5.00. The van der Waals surface area contributed by atoms with Gasteiger partial charge in [0.15, 0.2) is 5.13 Å². The van der Waals surface area contributed by atoms with Crippen LogP contribution in [0.4, 0.5) is 5.13 Å². The Morgan fingerprint density at radius 3 is 2.57 bits per heavy atom. The van der Waals surface area contributed by atoms with E-state index in [9.17, 15) is 9.59 Å². The predicted octanol–water partition coefficient (Wildman–Crippen LogP) is 3.43. The first kappa shape index (κ1) is 15.2. The lowest BCUT2D eigenvalue weighted by Gasteiger charge is -2.01. The van der Waals surface area contributed by atoms with Crippen LogP contribution in [-0.4, -0.2) is 23.8 Å². The summed E-state index contributed by atoms with van der Waals surface area (Å²) in [5, 5.41) is 2.95. The van der Waals surface area contributed by atoms with Gasteiger partial charge in [-0.1, -0.05) is 41.2 Å². The van der Waals surface area contributed by atoms with Gasteiger partial charge < -0.3 is 4.74 Å². The number of aryl methyl sites for hydroxylation is 1. The number of anilines is 1. The molecule has 0 fully saturated rings. The third kappa shape index (κ3) is 3.22. The molecule has 3 aromatic rings. The van der Waals surface area contributed by atoms with Crippen molar-refractivity contribution in [2.45, 2.75) is 6.92 Å². The summed E-state index contributed by atoms with van der Waals surface area (Å²) in [6.45, 7) is 1.92. The maximum absolute atomic E-state index is 12.1. The fourth-order valence-electron chi connectivity index (χ4n) is 2.08. The number of hydrogen-bond donors (Lipinski definition) is 1. The molecule has 1 heterocycles. The molecule has 0 aliphatic carbocycles. The van der Waals surface area contributed by atoms with Crippen molar-refractivity contribution < 1.29 is 14.3 Å². The molecule has 0 bridgehead atoms. The number of ether oxygens (including phenoxy) is 1. The lowest BCUT2D eigenvalue weighted by atomic mass is 10.1. The van der Waals surface area contributed by atoms with Gasteiger partial charge in [-0.2, -0.15) is 0 Å². The Morgan fingerprint density at radius 1 is 1.13 bits per heavy atom. The summed E-state index contributed by atoms with van der Waals surface area (Å²) in [7, 11) is 1.59. The van der Waals surface area contributed by atoms with Gasteiger partial charge in [-0.3, -0.25) is 14.9 Å². The first-order chi connectivity index (χ1) is 11.1. The van der Waals surface area contributed by atoms with E-state index < -0.39 is 11.7 Å². The molecule has 1 N–H and O–H groups in total. The largest absolute Gasteiger partial charge is 0.497 e. The van der Waals surface area contributed by atoms with Gasteiger partial charge in [0, 0.05) is 5.56 Å². The van der Waals surface area contributed by atoms with Crippen LogP contribution < -0.4 is 10.1 Å². The van der Waals surface area contributed by atoms with Crippen LogP contribution in [-0.2, 0) is 4.79 Å². The summed E-state index contributed by atoms with van der Waals surface area (Å²) in [6, 6.07) is 12.3. The number of carbonyl (C=O) groups is 2. The van der Waals surface area contributed by atoms with Gasteiger partial charge in [0.1, 0.15) is 5.75 Å². The molecule has 6 heteroatoms. The number of benzene rings is 2. The van der Waals surface area contributed by atoms with E-state index >= 15 is 0 Å². The van der Waals surface area contributed by atoms with Crippen molar-refractivity contribution in [1.29, 1.82) is 0 Å². The minimum Gasteiger partial charge on any atom is -0.497 e. The first-order valence-electron chi connectivity index (χ1n) is 6.94. The molecule has 3 rings (SSSR count). The smallest absolute Gasteiger partial charge is 0.298 e. The number of Topliss-reactive ketones (excluding diaryl/α,β-unsaturated/α-hetero) is 1. The molecule has 0 spiro atoms. The van der Waals surface area contributed by atoms with E-state index in [1.807, 2.05) is 19.1 Å². The topological polar surface area (TPSA) is 68.3 Å². The molecule has 2 aromatic carbocycles. The fourth-order valence-corrected chi connectivity index (χ4v) is 2.96. The molecule has 1 aromatic heterocycles. The molecule has 0 saturated carbocycles. The van der Waals surface area contributed by atoms with Gasteiger partial charge in [-0.05, 0) is 25.1 Å². The summed E-state index contributed by atoms with van der Waals surface area (Å²) in [6.07, 6.45) is 0. The molecule has 1 amide bonds. The molecule has 0 radical (unpaired) electrons. The quantitative estimate of drug-likeness (QED) is 0.589. The van der Waals surface area contributed by atoms with Crippen LogP contribution in [0.3, 0.4) is 0 Å². The van der Waals surface area contributed by atoms with Crippen LogP contribution in [0.25, 0.3) is 10.2 Å². The van der Waals surface area contributed by atoms with Crippen molar-refractivity contribution in [2.24, 2.45) is 0 Å². The molecule has 0 saturated heterocycles. The zero-order valence-electron chi connectivity index (χ0n) is 12.6. The van der Waals surface area contributed by atoms with Crippen molar-refractivity contribution in [3.05, 3.63) is 53.6 Å². The molecular formula is C17H14N2O3S. The summed E-state index contributed by atoms with van der Waals surface area (Å²) < 4.78 is 6.03. The highest BCUT2D eigenvalue weighted by Gasteiger charge is 2.18. The number of methoxy groups -OCH3 is 1. The van der Waals surface area contributed by atoms with Crippen molar-refractivity contribution in [1.82, 2.24) is 4.98 Å². The lowest BCUT2D eigenvalue weighted by Crippen LogP contribution is -2.22. The van der Waals surface area contributed by atoms with Crippen LogP contribution in [0.1, 0.15) is 15.9 Å². The van der Waals surface area contributed by atoms with Gasteiger partial charge in [-0.15, -0.1) is 0 Å². The number of rotatable bonds is 4. The molecule has 116 valence electrons. The van der Waals surface area contributed by atoms with E-state index in [-0.39, 0.29) is 0 Å². The summed E-state index contributed by atoms with van der Waals surface area (Å²) in [4.78, 5) is 28.5. The first-order valence-corrected chi connectivity index (χ1v) is 7.75. The Labute approximate surface area is 136 Å². The van der Waals surface area contributed by atoms with E-state index in [0.717, 1.165) is 21.5 Å². The number of fused-ring (bicyclic) bond motifs is 1. The maximum Gasteiger partial charge on any atom is 0.298 e. The lowest BCUT2D eigenvalue weighted by molar-refractivity contribution is -0.112. The van der Waals surface area contributed by atoms with Gasteiger partial charge in [-0.25, -0.2) is 4.98 Å². The van der Waals surface area contributed by atoms with Gasteiger partial charge in [0.25, 0.3) is 11.7 Å². The minimum atomic E-state index is -0.695. The van der Waals surface area contributed by atoms with E-state index in [0.29, 0.717) is 10.7 Å². The van der Waals surface area contributed by atoms with Crippen LogP contribution in [0.5, 0.6) is 5.75 Å². The van der Waals surface area contributed by atoms with E-state index in [1.54, 1.807) is 37.4 Å². The molecule has 0 aliphatic rings. The Bertz CT molecular complexity index is 884. The molecule has 5 nitrogen and oxygen atoms in total. The van der Waals surface area contributed by atoms with Crippen molar-refractivity contribution in [3.63, 3.8) is 0 Å². The van der Waals surface area contributed by atoms with Gasteiger partial charge in [0.05, 0.1) is 17.3 Å². The van der Waals surface area contributed by atoms with Crippen molar-refractivity contribution in [2.75, 3.05) is 12.4 Å². The van der Waals surface area contributed by atoms with Gasteiger partial charge >= 0.3 is 0 Å². The number of nitrogens with one attached hydrogen (secondary N) is 1. The monoisotopic (exact) mass is 326 g/mol. The minimum absolute atomic E-state index is 0.357. The SMILES string of the molecule is COc1ccc2nc(NC(=O)C(=O)c3ccc(C)cc3)sc2c1. The number of ketones is 1. The Hall–Kier alpha value is -2.73. The standard InChI is InChI=1S/C17H14N2O3S/c1-10-3-5-11(6-4-10)15(20)16(21)19-17-18-13-8-7-12(22-2)9-14(13)23-17/h3-9H,1-2H3,(H,18,19,21). The Balaban J connectivity index is 1.79. The number of amides is 1. The van der Waals surface area contributed by atoms with Crippen LogP contribution >= 0.6 is 11.3 Å². The summed E-state index contributed by atoms with van der Waals surface area (Å²) >= 11 is 1.29. The Kier molecular flexibility index (Phi) is 4.08. The third-order valence-electron chi connectivity index (χ3n) is 3.34. The number of aromatic nitrogens is 1. The van der Waals surface area contributed by atoms with Crippen LogP contribution in [0.15, 0.2) is 42.5 Å². The van der Waals surface area contributed by atoms with E-state index in [2.05, 4.69) is 10.3 Å². The van der Waals surface area contributed by atoms with Crippen molar-refractivity contribution >= 4 is 38.4 Å². The molecule has 23 heavy (non-hydrogen) atoms. The van der Waals surface area contributed by atoms with E-state index in [4.69, 9.17) is 4.74 Å². The number of hydrogen-bond acceptors (Lipinski definition) is 5. The number of nitrogens with zero attached hydrogens (tertiary/aromatic N) is 1. The zero-order chi connectivity index (χ0) is 16.4. The zero-order valence-corrected chi connectivity index (χ0v) is 13.4.